The molecule has 118 valence electrons. The predicted octanol–water partition coefficient (Wildman–Crippen LogP) is 1.03. The number of imidazole rings is 1. The van der Waals surface area contributed by atoms with Gasteiger partial charge in [0, 0.05) is 44.8 Å². The topological polar surface area (TPSA) is 61.3 Å². The third-order valence-corrected chi connectivity index (χ3v) is 4.48. The number of benzene rings is 1. The zero-order chi connectivity index (χ0) is 15.9. The van der Waals surface area contributed by atoms with Crippen LogP contribution >= 0.6 is 0 Å². The smallest absolute Gasteiger partial charge is 0.326 e. The van der Waals surface area contributed by atoms with Gasteiger partial charge < -0.3 is 9.88 Å². The number of carbonyl (C=O) groups is 1. The first kappa shape index (κ1) is 14.8. The monoisotopic (exact) mass is 302 g/mol. The van der Waals surface area contributed by atoms with Gasteiger partial charge >= 0.3 is 5.69 Å². The summed E-state index contributed by atoms with van der Waals surface area (Å²) in [4.78, 5) is 31.3. The van der Waals surface area contributed by atoms with Crippen molar-refractivity contribution in [2.24, 2.45) is 7.05 Å². The minimum absolute atomic E-state index is 0.0370. The summed E-state index contributed by atoms with van der Waals surface area (Å²) in [7, 11) is 1.72. The van der Waals surface area contributed by atoms with Crippen molar-refractivity contribution in [3.63, 3.8) is 0 Å². The normalized spacial score (nSPS) is 16.6. The van der Waals surface area contributed by atoms with E-state index in [0.717, 1.165) is 31.7 Å². The van der Waals surface area contributed by atoms with E-state index in [1.807, 2.05) is 11.0 Å². The van der Waals surface area contributed by atoms with Crippen molar-refractivity contribution in [3.05, 3.63) is 34.2 Å². The summed E-state index contributed by atoms with van der Waals surface area (Å²) in [6.45, 7) is 7.68. The molecule has 0 atom stereocenters. The highest BCUT2D eigenvalue weighted by atomic mass is 16.2. The van der Waals surface area contributed by atoms with Gasteiger partial charge in [0.15, 0.2) is 0 Å². The van der Waals surface area contributed by atoms with E-state index in [1.165, 1.54) is 0 Å². The molecule has 1 amide bonds. The third kappa shape index (κ3) is 2.54. The number of piperazine rings is 1. The maximum atomic E-state index is 12.6. The second-order valence-corrected chi connectivity index (χ2v) is 6.14. The Morgan fingerprint density at radius 1 is 1.18 bits per heavy atom. The van der Waals surface area contributed by atoms with Crippen molar-refractivity contribution in [1.29, 1.82) is 0 Å². The molecule has 1 aromatic heterocycles. The summed E-state index contributed by atoms with van der Waals surface area (Å²) in [6.07, 6.45) is 0. The maximum absolute atomic E-state index is 12.6. The summed E-state index contributed by atoms with van der Waals surface area (Å²) in [5.41, 5.74) is 1.99. The lowest BCUT2D eigenvalue weighted by atomic mass is 10.1. The Hall–Kier alpha value is -2.08. The number of nitrogens with one attached hydrogen (secondary N) is 1. The van der Waals surface area contributed by atoms with Crippen LogP contribution in [0.3, 0.4) is 0 Å². The van der Waals surface area contributed by atoms with Crippen molar-refractivity contribution >= 4 is 16.9 Å². The largest absolute Gasteiger partial charge is 0.336 e. The van der Waals surface area contributed by atoms with Crippen LogP contribution in [-0.2, 0) is 7.05 Å². The van der Waals surface area contributed by atoms with Gasteiger partial charge in [-0.2, -0.15) is 0 Å². The van der Waals surface area contributed by atoms with E-state index >= 15 is 0 Å². The first-order chi connectivity index (χ1) is 10.5. The summed E-state index contributed by atoms with van der Waals surface area (Å²) in [5.74, 6) is 0.0370. The second kappa shape index (κ2) is 5.61. The van der Waals surface area contributed by atoms with Crippen LogP contribution in [0.4, 0.5) is 0 Å². The van der Waals surface area contributed by atoms with Gasteiger partial charge in [-0.25, -0.2) is 4.79 Å². The van der Waals surface area contributed by atoms with Crippen molar-refractivity contribution in [2.75, 3.05) is 26.2 Å². The number of fused-ring (bicyclic) bond motifs is 1. The van der Waals surface area contributed by atoms with Crippen LogP contribution in [0.25, 0.3) is 11.0 Å². The first-order valence-corrected chi connectivity index (χ1v) is 7.69. The molecular weight excluding hydrogens is 280 g/mol. The van der Waals surface area contributed by atoms with Crippen LogP contribution in [0, 0.1) is 0 Å². The molecule has 0 radical (unpaired) electrons. The Labute approximate surface area is 129 Å². The van der Waals surface area contributed by atoms with Crippen molar-refractivity contribution in [2.45, 2.75) is 19.9 Å². The molecule has 22 heavy (non-hydrogen) atoms. The van der Waals surface area contributed by atoms with E-state index in [9.17, 15) is 9.59 Å². The SMILES string of the molecule is CC(C)N1CCN(C(=O)c2ccc3c(c2)[nH]c(=O)n3C)CC1. The maximum Gasteiger partial charge on any atom is 0.326 e. The molecule has 2 aromatic rings. The van der Waals surface area contributed by atoms with Gasteiger partial charge in [0.25, 0.3) is 5.91 Å². The molecule has 1 aliphatic rings. The van der Waals surface area contributed by atoms with E-state index in [4.69, 9.17) is 0 Å². The van der Waals surface area contributed by atoms with E-state index in [1.54, 1.807) is 23.7 Å². The number of aromatic nitrogens is 2. The van der Waals surface area contributed by atoms with Gasteiger partial charge in [0.1, 0.15) is 0 Å². The molecule has 0 aliphatic carbocycles. The van der Waals surface area contributed by atoms with Crippen molar-refractivity contribution < 1.29 is 4.79 Å². The fourth-order valence-electron chi connectivity index (χ4n) is 2.99. The number of amides is 1. The van der Waals surface area contributed by atoms with Crippen LogP contribution < -0.4 is 5.69 Å². The van der Waals surface area contributed by atoms with Crippen molar-refractivity contribution in [3.8, 4) is 0 Å². The zero-order valence-corrected chi connectivity index (χ0v) is 13.3. The summed E-state index contributed by atoms with van der Waals surface area (Å²) >= 11 is 0. The number of hydrogen-bond acceptors (Lipinski definition) is 3. The Kier molecular flexibility index (Phi) is 3.78. The quantitative estimate of drug-likeness (QED) is 0.901. The average molecular weight is 302 g/mol. The number of H-pyrrole nitrogens is 1. The lowest BCUT2D eigenvalue weighted by Crippen LogP contribution is -2.50. The number of aromatic amines is 1. The Balaban J connectivity index is 1.79. The number of hydrogen-bond donors (Lipinski definition) is 1. The molecular formula is C16H22N4O2. The molecule has 1 N–H and O–H groups in total. The summed E-state index contributed by atoms with van der Waals surface area (Å²) < 4.78 is 1.55. The minimum atomic E-state index is -0.162. The van der Waals surface area contributed by atoms with E-state index in [-0.39, 0.29) is 11.6 Å². The second-order valence-electron chi connectivity index (χ2n) is 6.14. The number of rotatable bonds is 2. The number of aryl methyl sites for hydroxylation is 1. The standard InChI is InChI=1S/C16H22N4O2/c1-11(2)19-6-8-20(9-7-19)15(21)12-4-5-14-13(10-12)17-16(22)18(14)3/h4-5,10-11H,6-9H2,1-3H3,(H,17,22). The number of carbonyl (C=O) groups excluding carboxylic acids is 1. The van der Waals surface area contributed by atoms with Gasteiger partial charge in [0.2, 0.25) is 0 Å². The van der Waals surface area contributed by atoms with Crippen LogP contribution in [0.15, 0.2) is 23.0 Å². The van der Waals surface area contributed by atoms with Gasteiger partial charge in [-0.1, -0.05) is 0 Å². The lowest BCUT2D eigenvalue weighted by Gasteiger charge is -2.36. The summed E-state index contributed by atoms with van der Waals surface area (Å²) in [6, 6.07) is 5.91. The van der Waals surface area contributed by atoms with E-state index in [2.05, 4.69) is 23.7 Å². The molecule has 0 bridgehead atoms. The van der Waals surface area contributed by atoms with Crippen LogP contribution in [0.5, 0.6) is 0 Å². The first-order valence-electron chi connectivity index (χ1n) is 7.69. The van der Waals surface area contributed by atoms with Gasteiger partial charge in [-0.3, -0.25) is 14.3 Å². The molecule has 0 unspecified atom stereocenters. The van der Waals surface area contributed by atoms with E-state index in [0.29, 0.717) is 17.1 Å². The molecule has 1 fully saturated rings. The average Bonchev–Trinajstić information content (AvgIpc) is 2.81. The highest BCUT2D eigenvalue weighted by molar-refractivity contribution is 5.97. The fraction of sp³-hybridized carbons (Fsp3) is 0.500. The van der Waals surface area contributed by atoms with E-state index < -0.39 is 0 Å². The van der Waals surface area contributed by atoms with Crippen LogP contribution in [-0.4, -0.2) is 57.5 Å². The highest BCUT2D eigenvalue weighted by Gasteiger charge is 2.23. The Bertz CT molecular complexity index is 751. The van der Waals surface area contributed by atoms with Crippen molar-refractivity contribution in [1.82, 2.24) is 19.4 Å². The van der Waals surface area contributed by atoms with Crippen LogP contribution in [0.1, 0.15) is 24.2 Å². The summed E-state index contributed by atoms with van der Waals surface area (Å²) in [5, 5.41) is 0. The third-order valence-electron chi connectivity index (χ3n) is 4.48. The lowest BCUT2D eigenvalue weighted by molar-refractivity contribution is 0.0595. The predicted molar refractivity (Wildman–Crippen MR) is 86.2 cm³/mol. The van der Waals surface area contributed by atoms with Gasteiger partial charge in [0.05, 0.1) is 11.0 Å². The molecule has 1 aliphatic heterocycles. The van der Waals surface area contributed by atoms with Gasteiger partial charge in [-0.05, 0) is 32.0 Å². The Morgan fingerprint density at radius 2 is 1.86 bits per heavy atom. The molecule has 1 saturated heterocycles. The van der Waals surface area contributed by atoms with Gasteiger partial charge in [-0.15, -0.1) is 0 Å². The Morgan fingerprint density at radius 3 is 2.50 bits per heavy atom. The number of nitrogens with zero attached hydrogens (tertiary/aromatic N) is 3. The molecule has 1 aromatic carbocycles. The molecule has 0 spiro atoms. The minimum Gasteiger partial charge on any atom is -0.336 e. The molecule has 2 heterocycles. The molecule has 6 nitrogen and oxygen atoms in total. The van der Waals surface area contributed by atoms with Crippen LogP contribution in [0.2, 0.25) is 0 Å². The fourth-order valence-corrected chi connectivity index (χ4v) is 2.99. The molecule has 0 saturated carbocycles. The molecule has 3 rings (SSSR count). The highest BCUT2D eigenvalue weighted by Crippen LogP contribution is 2.15. The molecule has 6 heteroatoms. The zero-order valence-electron chi connectivity index (χ0n) is 13.3.